The van der Waals surface area contributed by atoms with E-state index in [-0.39, 0.29) is 12.5 Å². The summed E-state index contributed by atoms with van der Waals surface area (Å²) in [4.78, 5) is 0. The molecular formula is C14H17NO3S. The van der Waals surface area contributed by atoms with Crippen LogP contribution < -0.4 is 0 Å². The minimum Gasteiger partial charge on any atom is -0.377 e. The molecule has 5 heteroatoms. The van der Waals surface area contributed by atoms with Gasteiger partial charge >= 0.3 is 0 Å². The van der Waals surface area contributed by atoms with Gasteiger partial charge in [-0.15, -0.1) is 0 Å². The molecule has 1 fully saturated rings. The lowest BCUT2D eigenvalue weighted by Crippen LogP contribution is -2.32. The van der Waals surface area contributed by atoms with E-state index in [0.29, 0.717) is 18.6 Å². The monoisotopic (exact) mass is 279 g/mol. The van der Waals surface area contributed by atoms with Gasteiger partial charge in [-0.3, -0.25) is 0 Å². The van der Waals surface area contributed by atoms with Crippen LogP contribution in [0.1, 0.15) is 30.6 Å². The standard InChI is InChI=1S/C14H17NO3S/c1-11-13(8-10-18-11)19(16,17)14(7-9-15)12-5-3-2-4-6-12/h2-6,11,13-14H,7-8,10H2,1H3. The van der Waals surface area contributed by atoms with Gasteiger partial charge in [0.25, 0.3) is 0 Å². The Morgan fingerprint density at radius 3 is 2.63 bits per heavy atom. The molecule has 1 heterocycles. The van der Waals surface area contributed by atoms with Crippen molar-refractivity contribution in [1.82, 2.24) is 0 Å². The molecule has 0 amide bonds. The highest BCUT2D eigenvalue weighted by atomic mass is 32.2. The fraction of sp³-hybridized carbons (Fsp3) is 0.500. The molecule has 0 aromatic heterocycles. The topological polar surface area (TPSA) is 67.2 Å². The molecule has 2 rings (SSSR count). The molecule has 0 spiro atoms. The molecule has 1 aromatic carbocycles. The van der Waals surface area contributed by atoms with E-state index in [1.807, 2.05) is 12.1 Å². The Morgan fingerprint density at radius 2 is 2.11 bits per heavy atom. The van der Waals surface area contributed by atoms with E-state index < -0.39 is 20.3 Å². The summed E-state index contributed by atoms with van der Waals surface area (Å²) in [6.07, 6.45) is 0.197. The lowest BCUT2D eigenvalue weighted by atomic mass is 10.1. The minimum atomic E-state index is -3.41. The fourth-order valence-electron chi connectivity index (χ4n) is 2.53. The average molecular weight is 279 g/mol. The Hall–Kier alpha value is -1.38. The zero-order valence-corrected chi connectivity index (χ0v) is 11.6. The fourth-order valence-corrected chi connectivity index (χ4v) is 4.83. The molecule has 102 valence electrons. The highest BCUT2D eigenvalue weighted by Crippen LogP contribution is 2.34. The molecule has 1 aliphatic rings. The molecule has 0 bridgehead atoms. The minimum absolute atomic E-state index is 0.0183. The summed E-state index contributed by atoms with van der Waals surface area (Å²) in [5.74, 6) is 0. The predicted octanol–water partition coefficient (Wildman–Crippen LogP) is 2.23. The van der Waals surface area contributed by atoms with Crippen molar-refractivity contribution in [2.24, 2.45) is 0 Å². The van der Waals surface area contributed by atoms with Gasteiger partial charge in [-0.2, -0.15) is 5.26 Å². The second-order valence-corrected chi connectivity index (χ2v) is 7.11. The van der Waals surface area contributed by atoms with Crippen molar-refractivity contribution in [1.29, 1.82) is 5.26 Å². The summed E-state index contributed by atoms with van der Waals surface area (Å²) in [5.41, 5.74) is 0.683. The summed E-state index contributed by atoms with van der Waals surface area (Å²) in [7, 11) is -3.41. The van der Waals surface area contributed by atoms with E-state index in [2.05, 4.69) is 0 Å². The number of sulfone groups is 1. The quantitative estimate of drug-likeness (QED) is 0.847. The number of benzene rings is 1. The Bertz CT molecular complexity index is 562. The summed E-state index contributed by atoms with van der Waals surface area (Å²) >= 11 is 0. The van der Waals surface area contributed by atoms with Gasteiger partial charge in [0.05, 0.1) is 29.1 Å². The molecule has 3 atom stereocenters. The van der Waals surface area contributed by atoms with Gasteiger partial charge in [0.1, 0.15) is 0 Å². The number of nitrogens with zero attached hydrogens (tertiary/aromatic N) is 1. The van der Waals surface area contributed by atoms with E-state index in [0.717, 1.165) is 0 Å². The first-order chi connectivity index (χ1) is 9.07. The summed E-state index contributed by atoms with van der Waals surface area (Å²) in [6.45, 7) is 2.25. The third kappa shape index (κ3) is 2.80. The number of nitriles is 1. The number of ether oxygens (including phenoxy) is 1. The zero-order chi connectivity index (χ0) is 13.9. The van der Waals surface area contributed by atoms with Gasteiger partial charge in [-0.05, 0) is 18.9 Å². The van der Waals surface area contributed by atoms with Crippen LogP contribution in [0.15, 0.2) is 30.3 Å². The molecule has 1 saturated heterocycles. The van der Waals surface area contributed by atoms with E-state index >= 15 is 0 Å². The third-order valence-corrected chi connectivity index (χ3v) is 6.27. The Balaban J connectivity index is 2.36. The lowest BCUT2D eigenvalue weighted by molar-refractivity contribution is 0.126. The van der Waals surface area contributed by atoms with Crippen molar-refractivity contribution in [2.75, 3.05) is 6.61 Å². The van der Waals surface area contributed by atoms with Crippen molar-refractivity contribution in [3.63, 3.8) is 0 Å². The first-order valence-electron chi connectivity index (χ1n) is 6.33. The Kier molecular flexibility index (Phi) is 4.23. The Labute approximate surface area is 113 Å². The van der Waals surface area contributed by atoms with Gasteiger partial charge in [0.15, 0.2) is 9.84 Å². The van der Waals surface area contributed by atoms with Crippen LogP contribution in [0.4, 0.5) is 0 Å². The maximum Gasteiger partial charge on any atom is 0.163 e. The highest BCUT2D eigenvalue weighted by Gasteiger charge is 2.41. The Morgan fingerprint density at radius 1 is 1.42 bits per heavy atom. The van der Waals surface area contributed by atoms with Gasteiger partial charge < -0.3 is 4.74 Å². The van der Waals surface area contributed by atoms with Crippen LogP contribution in [0.3, 0.4) is 0 Å². The second-order valence-electron chi connectivity index (χ2n) is 4.75. The smallest absolute Gasteiger partial charge is 0.163 e. The third-order valence-electron chi connectivity index (χ3n) is 3.57. The molecule has 19 heavy (non-hydrogen) atoms. The highest BCUT2D eigenvalue weighted by molar-refractivity contribution is 7.92. The molecule has 0 saturated carbocycles. The van der Waals surface area contributed by atoms with Crippen LogP contribution in [0.2, 0.25) is 0 Å². The zero-order valence-electron chi connectivity index (χ0n) is 10.8. The van der Waals surface area contributed by atoms with Crippen LogP contribution >= 0.6 is 0 Å². The number of hydrogen-bond acceptors (Lipinski definition) is 4. The van der Waals surface area contributed by atoms with E-state index in [1.54, 1.807) is 31.2 Å². The first kappa shape index (κ1) is 14.0. The second kappa shape index (κ2) is 5.72. The summed E-state index contributed by atoms with van der Waals surface area (Å²) in [6, 6.07) is 10.9. The molecule has 0 N–H and O–H groups in total. The molecular weight excluding hydrogens is 262 g/mol. The van der Waals surface area contributed by atoms with Crippen LogP contribution in [0.25, 0.3) is 0 Å². The number of rotatable bonds is 4. The molecule has 0 radical (unpaired) electrons. The molecule has 0 aliphatic carbocycles. The molecule has 4 nitrogen and oxygen atoms in total. The SMILES string of the molecule is CC1OCCC1S(=O)(=O)C(CC#N)c1ccccc1. The van der Waals surface area contributed by atoms with Crippen molar-refractivity contribution in [3.8, 4) is 6.07 Å². The first-order valence-corrected chi connectivity index (χ1v) is 7.94. The average Bonchev–Trinajstić information content (AvgIpc) is 2.84. The van der Waals surface area contributed by atoms with E-state index in [1.165, 1.54) is 0 Å². The van der Waals surface area contributed by atoms with Gasteiger partial charge in [-0.25, -0.2) is 8.42 Å². The van der Waals surface area contributed by atoms with Gasteiger partial charge in [0.2, 0.25) is 0 Å². The van der Waals surface area contributed by atoms with E-state index in [4.69, 9.17) is 10.00 Å². The van der Waals surface area contributed by atoms with Crippen molar-refractivity contribution in [2.45, 2.75) is 36.4 Å². The number of hydrogen-bond donors (Lipinski definition) is 0. The summed E-state index contributed by atoms with van der Waals surface area (Å²) < 4.78 is 30.8. The van der Waals surface area contributed by atoms with Crippen LogP contribution in [0.5, 0.6) is 0 Å². The maximum atomic E-state index is 12.7. The molecule has 1 aliphatic heterocycles. The van der Waals surface area contributed by atoms with Crippen molar-refractivity contribution < 1.29 is 13.2 Å². The van der Waals surface area contributed by atoms with Crippen molar-refractivity contribution >= 4 is 9.84 Å². The predicted molar refractivity (Wildman–Crippen MR) is 72.2 cm³/mol. The van der Waals surface area contributed by atoms with Crippen molar-refractivity contribution in [3.05, 3.63) is 35.9 Å². The van der Waals surface area contributed by atoms with Crippen LogP contribution in [-0.2, 0) is 14.6 Å². The van der Waals surface area contributed by atoms with Gasteiger partial charge in [0, 0.05) is 6.61 Å². The molecule has 1 aromatic rings. The maximum absolute atomic E-state index is 12.7. The van der Waals surface area contributed by atoms with Crippen LogP contribution in [0, 0.1) is 11.3 Å². The van der Waals surface area contributed by atoms with E-state index in [9.17, 15) is 8.42 Å². The molecule has 3 unspecified atom stereocenters. The lowest BCUT2D eigenvalue weighted by Gasteiger charge is -2.22. The largest absolute Gasteiger partial charge is 0.377 e. The van der Waals surface area contributed by atoms with Crippen LogP contribution in [-0.4, -0.2) is 26.4 Å². The van der Waals surface area contributed by atoms with Gasteiger partial charge in [-0.1, -0.05) is 30.3 Å². The normalized spacial score (nSPS) is 24.8. The summed E-state index contributed by atoms with van der Waals surface area (Å²) in [5, 5.41) is 7.66.